The Bertz CT molecular complexity index is 573. The molecule has 2 aromatic carbocycles. The number of para-hydroxylation sites is 1. The summed E-state index contributed by atoms with van der Waals surface area (Å²) >= 11 is 0. The van der Waals surface area contributed by atoms with E-state index in [4.69, 9.17) is 4.74 Å². The molecule has 0 heterocycles. The Morgan fingerprint density at radius 3 is 2.63 bits per heavy atom. The van der Waals surface area contributed by atoms with Gasteiger partial charge in [0.05, 0.1) is 12.2 Å². The molecule has 0 bridgehead atoms. The molecule has 2 aromatic rings. The third-order valence-electron chi connectivity index (χ3n) is 3.17. The van der Waals surface area contributed by atoms with Crippen LogP contribution in [0.15, 0.2) is 42.5 Å². The molecule has 0 amide bonds. The number of carbonyl (C=O) groups is 1. The third-order valence-corrected chi connectivity index (χ3v) is 3.17. The number of ether oxygens (including phenoxy) is 1. The molecule has 0 aromatic heterocycles. The predicted molar refractivity (Wildman–Crippen MR) is 76.9 cm³/mol. The van der Waals surface area contributed by atoms with Gasteiger partial charge in [-0.3, -0.25) is 4.79 Å². The lowest BCUT2D eigenvalue weighted by molar-refractivity contribution is 0.111. The van der Waals surface area contributed by atoms with Gasteiger partial charge in [0.1, 0.15) is 5.75 Å². The normalized spacial score (nSPS) is 10.2. The maximum Gasteiger partial charge on any atom is 0.153 e. The Morgan fingerprint density at radius 1 is 1.11 bits per heavy atom. The van der Waals surface area contributed by atoms with Crippen LogP contribution in [0.1, 0.15) is 27.0 Å². The summed E-state index contributed by atoms with van der Waals surface area (Å²) in [6.45, 7) is 4.78. The molecule has 0 aliphatic heterocycles. The molecule has 0 atom stereocenters. The Hall–Kier alpha value is -2.09. The first-order chi connectivity index (χ1) is 9.20. The maximum atomic E-state index is 10.9. The lowest BCUT2D eigenvalue weighted by Gasteiger charge is -2.10. The van der Waals surface area contributed by atoms with Crippen molar-refractivity contribution in [1.29, 1.82) is 0 Å². The van der Waals surface area contributed by atoms with Crippen molar-refractivity contribution in [3.63, 3.8) is 0 Å². The van der Waals surface area contributed by atoms with Gasteiger partial charge < -0.3 is 4.74 Å². The Morgan fingerprint density at radius 2 is 1.89 bits per heavy atom. The molecule has 0 aliphatic rings. The second kappa shape index (κ2) is 6.19. The standard InChI is InChI=1S/C17H18O2/c1-13-7-8-15(14(2)11-13)9-10-19-17-6-4-3-5-16(17)12-18/h3-8,11-12H,9-10H2,1-2H3. The third kappa shape index (κ3) is 3.44. The van der Waals surface area contributed by atoms with Crippen molar-refractivity contribution < 1.29 is 9.53 Å². The second-order valence-electron chi connectivity index (χ2n) is 4.68. The Labute approximate surface area is 114 Å². The molecule has 0 saturated carbocycles. The molecular weight excluding hydrogens is 236 g/mol. The average molecular weight is 254 g/mol. The van der Waals surface area contributed by atoms with Crippen molar-refractivity contribution in [1.82, 2.24) is 0 Å². The highest BCUT2D eigenvalue weighted by Gasteiger charge is 2.03. The van der Waals surface area contributed by atoms with Crippen molar-refractivity contribution in [2.75, 3.05) is 6.61 Å². The van der Waals surface area contributed by atoms with E-state index >= 15 is 0 Å². The molecule has 2 heteroatoms. The molecule has 0 unspecified atom stereocenters. The minimum absolute atomic E-state index is 0.578. The minimum atomic E-state index is 0.578. The van der Waals surface area contributed by atoms with Gasteiger partial charge in [-0.2, -0.15) is 0 Å². The number of rotatable bonds is 5. The summed E-state index contributed by atoms with van der Waals surface area (Å²) in [6.07, 6.45) is 1.67. The lowest BCUT2D eigenvalue weighted by Crippen LogP contribution is -2.04. The van der Waals surface area contributed by atoms with Gasteiger partial charge in [-0.05, 0) is 37.1 Å². The van der Waals surface area contributed by atoms with Crippen molar-refractivity contribution >= 4 is 6.29 Å². The number of hydrogen-bond acceptors (Lipinski definition) is 2. The molecule has 0 radical (unpaired) electrons. The molecule has 2 rings (SSSR count). The maximum absolute atomic E-state index is 10.9. The quantitative estimate of drug-likeness (QED) is 0.760. The number of carbonyl (C=O) groups excluding carboxylic acids is 1. The molecular formula is C17H18O2. The van der Waals surface area contributed by atoms with Gasteiger partial charge in [0.2, 0.25) is 0 Å². The van der Waals surface area contributed by atoms with Crippen molar-refractivity contribution in [2.45, 2.75) is 20.3 Å². The second-order valence-corrected chi connectivity index (χ2v) is 4.68. The highest BCUT2D eigenvalue weighted by Crippen LogP contribution is 2.17. The summed E-state index contributed by atoms with van der Waals surface area (Å²) < 4.78 is 5.69. The molecule has 2 nitrogen and oxygen atoms in total. The number of aldehydes is 1. The topological polar surface area (TPSA) is 26.3 Å². The van der Waals surface area contributed by atoms with Crippen LogP contribution in [0.5, 0.6) is 5.75 Å². The molecule has 19 heavy (non-hydrogen) atoms. The zero-order valence-corrected chi connectivity index (χ0v) is 11.3. The van der Waals surface area contributed by atoms with Gasteiger partial charge in [-0.15, -0.1) is 0 Å². The van der Waals surface area contributed by atoms with E-state index in [1.807, 2.05) is 18.2 Å². The SMILES string of the molecule is Cc1ccc(CCOc2ccccc2C=O)c(C)c1. The van der Waals surface area contributed by atoms with Crippen molar-refractivity contribution in [2.24, 2.45) is 0 Å². The largest absolute Gasteiger partial charge is 0.492 e. The summed E-state index contributed by atoms with van der Waals surface area (Å²) in [5, 5.41) is 0. The fourth-order valence-corrected chi connectivity index (χ4v) is 2.11. The van der Waals surface area contributed by atoms with E-state index in [1.165, 1.54) is 16.7 Å². The van der Waals surface area contributed by atoms with E-state index in [9.17, 15) is 4.79 Å². The highest BCUT2D eigenvalue weighted by atomic mass is 16.5. The van der Waals surface area contributed by atoms with E-state index in [0.717, 1.165) is 12.7 Å². The summed E-state index contributed by atoms with van der Waals surface area (Å²) in [5.74, 6) is 0.655. The number of benzene rings is 2. The van der Waals surface area contributed by atoms with Crippen LogP contribution >= 0.6 is 0 Å². The van der Waals surface area contributed by atoms with E-state index < -0.39 is 0 Å². The van der Waals surface area contributed by atoms with Gasteiger partial charge in [-0.1, -0.05) is 35.9 Å². The number of aryl methyl sites for hydroxylation is 2. The minimum Gasteiger partial charge on any atom is -0.492 e. The molecule has 0 fully saturated rings. The predicted octanol–water partition coefficient (Wildman–Crippen LogP) is 3.74. The molecule has 0 aliphatic carbocycles. The van der Waals surface area contributed by atoms with Crippen LogP contribution in [0, 0.1) is 13.8 Å². The summed E-state index contributed by atoms with van der Waals surface area (Å²) in [5.41, 5.74) is 4.44. The molecule has 0 N–H and O–H groups in total. The highest BCUT2D eigenvalue weighted by molar-refractivity contribution is 5.79. The van der Waals surface area contributed by atoms with E-state index in [2.05, 4.69) is 32.0 Å². The fourth-order valence-electron chi connectivity index (χ4n) is 2.11. The van der Waals surface area contributed by atoms with Gasteiger partial charge in [0.15, 0.2) is 6.29 Å². The van der Waals surface area contributed by atoms with Crippen LogP contribution in [0.25, 0.3) is 0 Å². The summed E-state index contributed by atoms with van der Waals surface area (Å²) in [7, 11) is 0. The number of hydrogen-bond donors (Lipinski definition) is 0. The zero-order chi connectivity index (χ0) is 13.7. The molecule has 0 saturated heterocycles. The fraction of sp³-hybridized carbons (Fsp3) is 0.235. The molecule has 0 spiro atoms. The average Bonchev–Trinajstić information content (AvgIpc) is 2.42. The van der Waals surface area contributed by atoms with E-state index in [-0.39, 0.29) is 0 Å². The van der Waals surface area contributed by atoms with E-state index in [0.29, 0.717) is 17.9 Å². The van der Waals surface area contributed by atoms with Crippen LogP contribution in [0.4, 0.5) is 0 Å². The first-order valence-electron chi connectivity index (χ1n) is 6.44. The molecule has 98 valence electrons. The smallest absolute Gasteiger partial charge is 0.153 e. The van der Waals surface area contributed by atoms with Crippen LogP contribution in [-0.2, 0) is 6.42 Å². The Balaban J connectivity index is 1.98. The Kier molecular flexibility index (Phi) is 4.35. The zero-order valence-electron chi connectivity index (χ0n) is 11.3. The lowest BCUT2D eigenvalue weighted by atomic mass is 10.0. The summed E-state index contributed by atoms with van der Waals surface area (Å²) in [4.78, 5) is 10.9. The van der Waals surface area contributed by atoms with Crippen molar-refractivity contribution in [3.05, 3.63) is 64.7 Å². The van der Waals surface area contributed by atoms with Gasteiger partial charge in [-0.25, -0.2) is 0 Å². The van der Waals surface area contributed by atoms with E-state index in [1.54, 1.807) is 6.07 Å². The van der Waals surface area contributed by atoms with Gasteiger partial charge in [0, 0.05) is 6.42 Å². The van der Waals surface area contributed by atoms with Gasteiger partial charge >= 0.3 is 0 Å². The first-order valence-corrected chi connectivity index (χ1v) is 6.44. The van der Waals surface area contributed by atoms with Crippen LogP contribution in [-0.4, -0.2) is 12.9 Å². The monoisotopic (exact) mass is 254 g/mol. The first kappa shape index (κ1) is 13.3. The van der Waals surface area contributed by atoms with Crippen LogP contribution in [0.3, 0.4) is 0 Å². The van der Waals surface area contributed by atoms with Crippen molar-refractivity contribution in [3.8, 4) is 5.75 Å². The van der Waals surface area contributed by atoms with Crippen LogP contribution in [0.2, 0.25) is 0 Å². The summed E-state index contributed by atoms with van der Waals surface area (Å²) in [6, 6.07) is 13.7. The van der Waals surface area contributed by atoms with Gasteiger partial charge in [0.25, 0.3) is 0 Å². The van der Waals surface area contributed by atoms with Crippen LogP contribution < -0.4 is 4.74 Å².